The van der Waals surface area contributed by atoms with Crippen molar-refractivity contribution >= 4 is 11.8 Å². The molecule has 138 valence electrons. The molecule has 1 aliphatic heterocycles. The molecular formula is C25H27NS. The summed E-state index contributed by atoms with van der Waals surface area (Å²) in [5.74, 6) is 0.471. The molecule has 4 rings (SSSR count). The first kappa shape index (κ1) is 18.3. The minimum absolute atomic E-state index is 0.349. The molecule has 2 atom stereocenters. The molecule has 1 aliphatic rings. The van der Waals surface area contributed by atoms with Crippen LogP contribution in [0.2, 0.25) is 0 Å². The zero-order valence-electron chi connectivity index (χ0n) is 16.1. The molecule has 0 spiro atoms. The quantitative estimate of drug-likeness (QED) is 0.512. The van der Waals surface area contributed by atoms with Gasteiger partial charge in [0, 0.05) is 10.8 Å². The van der Waals surface area contributed by atoms with Crippen LogP contribution < -0.4 is 0 Å². The molecule has 0 aromatic heterocycles. The predicted molar refractivity (Wildman–Crippen MR) is 117 cm³/mol. The van der Waals surface area contributed by atoms with E-state index >= 15 is 0 Å². The Morgan fingerprint density at radius 2 is 1.37 bits per heavy atom. The number of hydrogen-bond donors (Lipinski definition) is 0. The van der Waals surface area contributed by atoms with Crippen molar-refractivity contribution in [2.45, 2.75) is 28.9 Å². The van der Waals surface area contributed by atoms with Crippen LogP contribution in [0.3, 0.4) is 0 Å². The molecule has 3 aromatic carbocycles. The third kappa shape index (κ3) is 3.97. The molecule has 0 radical (unpaired) electrons. The lowest BCUT2D eigenvalue weighted by atomic mass is 9.83. The highest BCUT2D eigenvalue weighted by atomic mass is 32.2. The van der Waals surface area contributed by atoms with Crippen molar-refractivity contribution in [3.63, 3.8) is 0 Å². The van der Waals surface area contributed by atoms with Crippen LogP contribution in [0.4, 0.5) is 0 Å². The van der Waals surface area contributed by atoms with Gasteiger partial charge in [-0.2, -0.15) is 0 Å². The first-order chi connectivity index (χ1) is 13.2. The van der Waals surface area contributed by atoms with Crippen molar-refractivity contribution in [2.75, 3.05) is 20.6 Å². The van der Waals surface area contributed by atoms with Crippen LogP contribution in [-0.4, -0.2) is 25.5 Å². The Hall–Kier alpha value is -2.03. The van der Waals surface area contributed by atoms with Gasteiger partial charge in [0.05, 0.1) is 5.25 Å². The largest absolute Gasteiger partial charge is 0.309 e. The number of thioether (sulfide) groups is 1. The normalized spacial score (nSPS) is 18.6. The van der Waals surface area contributed by atoms with Crippen LogP contribution in [0.15, 0.2) is 83.8 Å². The van der Waals surface area contributed by atoms with Gasteiger partial charge in [0.1, 0.15) is 0 Å². The molecule has 1 heterocycles. The number of fused-ring (bicyclic) bond motifs is 2. The molecule has 0 fully saturated rings. The first-order valence-electron chi connectivity index (χ1n) is 9.78. The molecular weight excluding hydrogens is 346 g/mol. The average molecular weight is 374 g/mol. The van der Waals surface area contributed by atoms with Crippen molar-refractivity contribution in [1.82, 2.24) is 4.90 Å². The van der Waals surface area contributed by atoms with E-state index in [0.717, 1.165) is 6.54 Å². The SMILES string of the molecule is CN(C)CCCC1c2ccccc2SC(c2ccccc2)c2ccccc21. The van der Waals surface area contributed by atoms with Gasteiger partial charge < -0.3 is 4.90 Å². The van der Waals surface area contributed by atoms with Crippen LogP contribution in [0.25, 0.3) is 0 Å². The number of benzene rings is 3. The van der Waals surface area contributed by atoms with E-state index in [1.807, 2.05) is 11.8 Å². The number of nitrogens with zero attached hydrogens (tertiary/aromatic N) is 1. The molecule has 2 heteroatoms. The minimum Gasteiger partial charge on any atom is -0.309 e. The summed E-state index contributed by atoms with van der Waals surface area (Å²) in [5, 5.41) is 0.349. The average Bonchev–Trinajstić information content (AvgIpc) is 2.84. The van der Waals surface area contributed by atoms with Crippen LogP contribution in [-0.2, 0) is 0 Å². The topological polar surface area (TPSA) is 3.24 Å². The summed E-state index contributed by atoms with van der Waals surface area (Å²) >= 11 is 2.01. The zero-order valence-corrected chi connectivity index (χ0v) is 17.0. The van der Waals surface area contributed by atoms with Crippen molar-refractivity contribution in [2.24, 2.45) is 0 Å². The van der Waals surface area contributed by atoms with Crippen molar-refractivity contribution in [3.05, 3.63) is 101 Å². The van der Waals surface area contributed by atoms with E-state index in [-0.39, 0.29) is 0 Å². The van der Waals surface area contributed by atoms with E-state index < -0.39 is 0 Å². The van der Waals surface area contributed by atoms with Crippen molar-refractivity contribution in [1.29, 1.82) is 0 Å². The number of rotatable bonds is 5. The highest BCUT2D eigenvalue weighted by Gasteiger charge is 2.29. The van der Waals surface area contributed by atoms with Crippen LogP contribution in [0.5, 0.6) is 0 Å². The maximum Gasteiger partial charge on any atom is 0.0596 e. The monoisotopic (exact) mass is 373 g/mol. The Labute approximate surface area is 167 Å². The molecule has 0 amide bonds. The van der Waals surface area contributed by atoms with Gasteiger partial charge in [-0.15, -0.1) is 11.8 Å². The van der Waals surface area contributed by atoms with Gasteiger partial charge in [-0.3, -0.25) is 0 Å². The fourth-order valence-corrected chi connectivity index (χ4v) is 5.49. The highest BCUT2D eigenvalue weighted by Crippen LogP contribution is 2.50. The van der Waals surface area contributed by atoms with E-state index in [1.54, 1.807) is 0 Å². The number of hydrogen-bond acceptors (Lipinski definition) is 2. The zero-order chi connectivity index (χ0) is 18.6. The summed E-state index contributed by atoms with van der Waals surface area (Å²) in [6.07, 6.45) is 2.40. The lowest BCUT2D eigenvalue weighted by Crippen LogP contribution is -2.14. The van der Waals surface area contributed by atoms with E-state index in [1.165, 1.54) is 40.0 Å². The fraction of sp³-hybridized carbons (Fsp3) is 0.280. The lowest BCUT2D eigenvalue weighted by molar-refractivity contribution is 0.389. The summed E-state index contributed by atoms with van der Waals surface area (Å²) in [7, 11) is 4.33. The van der Waals surface area contributed by atoms with E-state index in [4.69, 9.17) is 0 Å². The molecule has 2 unspecified atom stereocenters. The Morgan fingerprint density at radius 3 is 2.11 bits per heavy atom. The van der Waals surface area contributed by atoms with Gasteiger partial charge in [-0.05, 0) is 61.8 Å². The van der Waals surface area contributed by atoms with E-state index in [9.17, 15) is 0 Å². The summed E-state index contributed by atoms with van der Waals surface area (Å²) in [6, 6.07) is 29.1. The maximum atomic E-state index is 2.36. The Bertz CT molecular complexity index is 888. The molecule has 0 saturated heterocycles. The van der Waals surface area contributed by atoms with Crippen molar-refractivity contribution < 1.29 is 0 Å². The second-order valence-electron chi connectivity index (χ2n) is 7.57. The second-order valence-corrected chi connectivity index (χ2v) is 8.72. The summed E-state index contributed by atoms with van der Waals surface area (Å²) in [6.45, 7) is 1.14. The van der Waals surface area contributed by atoms with Crippen LogP contribution >= 0.6 is 11.8 Å². The fourth-order valence-electron chi connectivity index (χ4n) is 4.10. The lowest BCUT2D eigenvalue weighted by Gasteiger charge is -2.22. The Morgan fingerprint density at radius 1 is 0.741 bits per heavy atom. The van der Waals surface area contributed by atoms with E-state index in [2.05, 4.69) is 97.9 Å². The van der Waals surface area contributed by atoms with Gasteiger partial charge in [0.15, 0.2) is 0 Å². The first-order valence-corrected chi connectivity index (χ1v) is 10.7. The van der Waals surface area contributed by atoms with E-state index in [0.29, 0.717) is 11.2 Å². The van der Waals surface area contributed by atoms with Gasteiger partial charge in [-0.25, -0.2) is 0 Å². The molecule has 0 N–H and O–H groups in total. The molecule has 1 nitrogen and oxygen atoms in total. The summed E-state index contributed by atoms with van der Waals surface area (Å²) < 4.78 is 0. The Balaban J connectivity index is 1.81. The van der Waals surface area contributed by atoms with Gasteiger partial charge >= 0.3 is 0 Å². The molecule has 27 heavy (non-hydrogen) atoms. The van der Waals surface area contributed by atoms with Crippen LogP contribution in [0, 0.1) is 0 Å². The molecule has 0 saturated carbocycles. The maximum absolute atomic E-state index is 2.36. The minimum atomic E-state index is 0.349. The standard InChI is InChI=1S/C25H27NS/c1-26(2)18-10-16-20-21-13-6-7-15-23(21)25(19-11-4-3-5-12-19)27-24-17-9-8-14-22(20)24/h3-9,11-15,17,20,25H,10,16,18H2,1-2H3. The third-order valence-corrected chi connectivity index (χ3v) is 6.78. The van der Waals surface area contributed by atoms with Crippen molar-refractivity contribution in [3.8, 4) is 0 Å². The van der Waals surface area contributed by atoms with Gasteiger partial charge in [-0.1, -0.05) is 72.8 Å². The summed E-state index contributed by atoms with van der Waals surface area (Å²) in [4.78, 5) is 3.72. The second kappa shape index (κ2) is 8.33. The van der Waals surface area contributed by atoms with Gasteiger partial charge in [0.2, 0.25) is 0 Å². The summed E-state index contributed by atoms with van der Waals surface area (Å²) in [5.41, 5.74) is 5.85. The Kier molecular flexibility index (Phi) is 5.66. The predicted octanol–water partition coefficient (Wildman–Crippen LogP) is 6.36. The van der Waals surface area contributed by atoms with Crippen LogP contribution in [0.1, 0.15) is 46.3 Å². The molecule has 0 aliphatic carbocycles. The highest BCUT2D eigenvalue weighted by molar-refractivity contribution is 7.99. The molecule has 3 aromatic rings. The van der Waals surface area contributed by atoms with Gasteiger partial charge in [0.25, 0.3) is 0 Å². The smallest absolute Gasteiger partial charge is 0.0596 e. The third-order valence-electron chi connectivity index (χ3n) is 5.39. The molecule has 0 bridgehead atoms.